The van der Waals surface area contributed by atoms with Gasteiger partial charge in [-0.25, -0.2) is 0 Å². The lowest BCUT2D eigenvalue weighted by molar-refractivity contribution is -0.144. The van der Waals surface area contributed by atoms with Crippen molar-refractivity contribution < 1.29 is 14.7 Å². The summed E-state index contributed by atoms with van der Waals surface area (Å²) in [6.07, 6.45) is 3.18. The molecule has 0 radical (unpaired) electrons. The minimum Gasteiger partial charge on any atom is -0.481 e. The van der Waals surface area contributed by atoms with Crippen LogP contribution in [0.15, 0.2) is 18.2 Å². The first-order valence-electron chi connectivity index (χ1n) is 6.84. The molecule has 0 aliphatic heterocycles. The molecular weight excluding hydrogens is 240 g/mol. The van der Waals surface area contributed by atoms with E-state index in [-0.39, 0.29) is 11.7 Å². The molecule has 2 atom stereocenters. The zero-order valence-electron chi connectivity index (χ0n) is 11.5. The van der Waals surface area contributed by atoms with Gasteiger partial charge in [0.25, 0.3) is 0 Å². The van der Waals surface area contributed by atoms with E-state index in [2.05, 4.69) is 0 Å². The van der Waals surface area contributed by atoms with E-state index < -0.39 is 11.9 Å². The lowest BCUT2D eigenvalue weighted by Crippen LogP contribution is -2.32. The zero-order valence-corrected chi connectivity index (χ0v) is 11.5. The highest BCUT2D eigenvalue weighted by atomic mass is 16.4. The van der Waals surface area contributed by atoms with E-state index in [1.807, 2.05) is 32.0 Å². The molecule has 3 nitrogen and oxygen atoms in total. The Balaban J connectivity index is 2.28. The SMILES string of the molecule is Cc1cc(C)cc(C(=O)C2CCCCC2C(=O)O)c1. The Morgan fingerprint density at radius 1 is 1.00 bits per heavy atom. The number of Topliss-reactive ketones (excluding diaryl/α,β-unsaturated/α-hetero) is 1. The van der Waals surface area contributed by atoms with Crippen LogP contribution in [0.2, 0.25) is 0 Å². The molecule has 1 saturated carbocycles. The summed E-state index contributed by atoms with van der Waals surface area (Å²) in [4.78, 5) is 23.8. The van der Waals surface area contributed by atoms with Gasteiger partial charge in [-0.05, 0) is 38.8 Å². The summed E-state index contributed by atoms with van der Waals surface area (Å²) in [5.74, 6) is -1.70. The van der Waals surface area contributed by atoms with Gasteiger partial charge in [0, 0.05) is 11.5 Å². The van der Waals surface area contributed by atoms with Crippen LogP contribution in [0.1, 0.15) is 47.2 Å². The Hall–Kier alpha value is -1.64. The van der Waals surface area contributed by atoms with Crippen LogP contribution in [-0.2, 0) is 4.79 Å². The number of hydrogen-bond donors (Lipinski definition) is 1. The molecule has 1 N–H and O–H groups in total. The first kappa shape index (κ1) is 13.8. The van der Waals surface area contributed by atoms with E-state index in [0.29, 0.717) is 18.4 Å². The van der Waals surface area contributed by atoms with Crippen molar-refractivity contribution in [3.05, 3.63) is 34.9 Å². The minimum absolute atomic E-state index is 0.00102. The van der Waals surface area contributed by atoms with E-state index in [0.717, 1.165) is 24.0 Å². The molecule has 102 valence electrons. The van der Waals surface area contributed by atoms with Gasteiger partial charge < -0.3 is 5.11 Å². The minimum atomic E-state index is -0.831. The van der Waals surface area contributed by atoms with Crippen LogP contribution in [-0.4, -0.2) is 16.9 Å². The molecular formula is C16H20O3. The van der Waals surface area contributed by atoms with Crippen molar-refractivity contribution in [2.24, 2.45) is 11.8 Å². The van der Waals surface area contributed by atoms with Crippen LogP contribution in [0.4, 0.5) is 0 Å². The number of aliphatic carboxylic acids is 1. The van der Waals surface area contributed by atoms with E-state index in [1.165, 1.54) is 0 Å². The summed E-state index contributed by atoms with van der Waals surface area (Å²) < 4.78 is 0. The molecule has 1 aromatic carbocycles. The number of hydrogen-bond acceptors (Lipinski definition) is 2. The van der Waals surface area contributed by atoms with Crippen molar-refractivity contribution in [3.8, 4) is 0 Å². The third-order valence-corrected chi connectivity index (χ3v) is 3.93. The van der Waals surface area contributed by atoms with Gasteiger partial charge in [0.05, 0.1) is 5.92 Å². The molecule has 0 bridgehead atoms. The number of carboxylic acid groups (broad SMARTS) is 1. The van der Waals surface area contributed by atoms with Crippen LogP contribution >= 0.6 is 0 Å². The number of carbonyl (C=O) groups excluding carboxylic acids is 1. The molecule has 3 heteroatoms. The molecule has 0 aromatic heterocycles. The molecule has 19 heavy (non-hydrogen) atoms. The first-order valence-corrected chi connectivity index (χ1v) is 6.84. The van der Waals surface area contributed by atoms with Gasteiger partial charge in [-0.1, -0.05) is 30.0 Å². The quantitative estimate of drug-likeness (QED) is 0.848. The second-order valence-corrected chi connectivity index (χ2v) is 5.58. The Morgan fingerprint density at radius 2 is 1.53 bits per heavy atom. The molecule has 1 aliphatic rings. The van der Waals surface area contributed by atoms with Crippen LogP contribution in [0.5, 0.6) is 0 Å². The monoisotopic (exact) mass is 260 g/mol. The highest BCUT2D eigenvalue weighted by Gasteiger charge is 2.35. The standard InChI is InChI=1S/C16H20O3/c1-10-7-11(2)9-12(8-10)15(17)13-5-3-4-6-14(13)16(18)19/h7-9,13-14H,3-6H2,1-2H3,(H,18,19). The van der Waals surface area contributed by atoms with Crippen LogP contribution < -0.4 is 0 Å². The van der Waals surface area contributed by atoms with Crippen molar-refractivity contribution in [2.45, 2.75) is 39.5 Å². The maximum atomic E-state index is 12.6. The van der Waals surface area contributed by atoms with Gasteiger partial charge in [-0.3, -0.25) is 9.59 Å². The van der Waals surface area contributed by atoms with Crippen molar-refractivity contribution in [1.82, 2.24) is 0 Å². The third-order valence-electron chi connectivity index (χ3n) is 3.93. The van der Waals surface area contributed by atoms with Gasteiger partial charge >= 0.3 is 5.97 Å². The van der Waals surface area contributed by atoms with E-state index in [9.17, 15) is 14.7 Å². The summed E-state index contributed by atoms with van der Waals surface area (Å²) in [7, 11) is 0. The van der Waals surface area contributed by atoms with Crippen molar-refractivity contribution >= 4 is 11.8 Å². The maximum Gasteiger partial charge on any atom is 0.307 e. The van der Waals surface area contributed by atoms with Crippen LogP contribution in [0.3, 0.4) is 0 Å². The Bertz CT molecular complexity index is 484. The average molecular weight is 260 g/mol. The molecule has 2 unspecified atom stereocenters. The topological polar surface area (TPSA) is 54.4 Å². The van der Waals surface area contributed by atoms with E-state index in [1.54, 1.807) is 0 Å². The smallest absolute Gasteiger partial charge is 0.307 e. The first-order chi connectivity index (χ1) is 8.99. The van der Waals surface area contributed by atoms with Gasteiger partial charge in [0.2, 0.25) is 0 Å². The summed E-state index contributed by atoms with van der Waals surface area (Å²) in [5.41, 5.74) is 2.76. The average Bonchev–Trinajstić information content (AvgIpc) is 2.36. The predicted octanol–water partition coefficient (Wildman–Crippen LogP) is 3.38. The molecule has 2 rings (SSSR count). The van der Waals surface area contributed by atoms with Gasteiger partial charge in [0.1, 0.15) is 0 Å². The fraction of sp³-hybridized carbons (Fsp3) is 0.500. The number of aryl methyl sites for hydroxylation is 2. The van der Waals surface area contributed by atoms with Gasteiger partial charge in [-0.2, -0.15) is 0 Å². The lowest BCUT2D eigenvalue weighted by Gasteiger charge is -2.27. The molecule has 1 fully saturated rings. The Kier molecular flexibility index (Phi) is 4.03. The number of carbonyl (C=O) groups is 2. The van der Waals surface area contributed by atoms with Crippen LogP contribution in [0.25, 0.3) is 0 Å². The van der Waals surface area contributed by atoms with Crippen molar-refractivity contribution in [2.75, 3.05) is 0 Å². The number of rotatable bonds is 3. The number of benzene rings is 1. The summed E-state index contributed by atoms with van der Waals surface area (Å²) in [6.45, 7) is 3.92. The molecule has 0 amide bonds. The summed E-state index contributed by atoms with van der Waals surface area (Å²) in [5, 5.41) is 9.26. The van der Waals surface area contributed by atoms with Gasteiger partial charge in [-0.15, -0.1) is 0 Å². The van der Waals surface area contributed by atoms with Gasteiger partial charge in [0.15, 0.2) is 5.78 Å². The van der Waals surface area contributed by atoms with Crippen molar-refractivity contribution in [3.63, 3.8) is 0 Å². The number of carboxylic acids is 1. The molecule has 0 spiro atoms. The summed E-state index contributed by atoms with van der Waals surface area (Å²) in [6, 6.07) is 5.75. The fourth-order valence-corrected chi connectivity index (χ4v) is 3.07. The predicted molar refractivity (Wildman–Crippen MR) is 73.3 cm³/mol. The molecule has 0 heterocycles. The third kappa shape index (κ3) is 3.03. The maximum absolute atomic E-state index is 12.6. The Labute approximate surface area is 113 Å². The van der Waals surface area contributed by atoms with Crippen molar-refractivity contribution in [1.29, 1.82) is 0 Å². The van der Waals surface area contributed by atoms with Crippen LogP contribution in [0, 0.1) is 25.7 Å². The molecule has 0 saturated heterocycles. The normalized spacial score (nSPS) is 23.1. The fourth-order valence-electron chi connectivity index (χ4n) is 3.07. The van der Waals surface area contributed by atoms with E-state index >= 15 is 0 Å². The lowest BCUT2D eigenvalue weighted by atomic mass is 9.75. The molecule has 1 aliphatic carbocycles. The van der Waals surface area contributed by atoms with E-state index in [4.69, 9.17) is 0 Å². The largest absolute Gasteiger partial charge is 0.481 e. The second kappa shape index (κ2) is 5.55. The zero-order chi connectivity index (χ0) is 14.0. The number of ketones is 1. The Morgan fingerprint density at radius 3 is 2.05 bits per heavy atom. The highest BCUT2D eigenvalue weighted by molar-refractivity contribution is 6.00. The second-order valence-electron chi connectivity index (χ2n) is 5.58. The highest BCUT2D eigenvalue weighted by Crippen LogP contribution is 2.33. The molecule has 1 aromatic rings. The summed E-state index contributed by atoms with van der Waals surface area (Å²) >= 11 is 0.